The van der Waals surface area contributed by atoms with Gasteiger partial charge in [-0.05, 0) is 38.5 Å². The largest absolute Gasteiger partial charge is 0.378 e. The summed E-state index contributed by atoms with van der Waals surface area (Å²) in [5, 5.41) is 6.85. The molecule has 0 aromatic rings. The van der Waals surface area contributed by atoms with Crippen LogP contribution in [0, 0.1) is 5.92 Å². The maximum atomic E-state index is 11.1. The normalized spacial score (nSPS) is 20.3. The number of sulfone groups is 1. The fraction of sp³-hybridized carbons (Fsp3) is 0.950. The number of rotatable bonds is 10. The van der Waals surface area contributed by atoms with Crippen molar-refractivity contribution in [3.63, 3.8) is 0 Å². The van der Waals surface area contributed by atoms with E-state index in [0.29, 0.717) is 19.2 Å². The van der Waals surface area contributed by atoms with Crippen LogP contribution < -0.4 is 10.6 Å². The molecule has 2 rings (SSSR count). The van der Waals surface area contributed by atoms with Gasteiger partial charge in [-0.25, -0.2) is 8.42 Å². The van der Waals surface area contributed by atoms with Crippen molar-refractivity contribution < 1.29 is 13.2 Å². The molecule has 2 aliphatic rings. The maximum Gasteiger partial charge on any atom is 0.191 e. The Morgan fingerprint density at radius 2 is 1.79 bits per heavy atom. The lowest BCUT2D eigenvalue weighted by atomic mass is 9.88. The first-order chi connectivity index (χ1) is 13.5. The van der Waals surface area contributed by atoms with Gasteiger partial charge in [0.1, 0.15) is 9.84 Å². The molecule has 172 valence electrons. The zero-order valence-electron chi connectivity index (χ0n) is 18.2. The molecule has 0 bridgehead atoms. The minimum atomic E-state index is -2.96. The third-order valence-electron chi connectivity index (χ3n) is 5.62. The van der Waals surface area contributed by atoms with Crippen LogP contribution in [0.3, 0.4) is 0 Å². The van der Waals surface area contributed by atoms with Gasteiger partial charge in [-0.2, -0.15) is 0 Å². The second-order valence-electron chi connectivity index (χ2n) is 8.23. The lowest BCUT2D eigenvalue weighted by Gasteiger charge is -2.36. The van der Waals surface area contributed by atoms with Gasteiger partial charge in [-0.1, -0.05) is 19.3 Å². The molecule has 1 aliphatic carbocycles. The Balaban J connectivity index is 0.00000420. The Morgan fingerprint density at radius 1 is 1.10 bits per heavy atom. The predicted molar refractivity (Wildman–Crippen MR) is 131 cm³/mol. The first-order valence-corrected chi connectivity index (χ1v) is 13.0. The Kier molecular flexibility index (Phi) is 13.7. The summed E-state index contributed by atoms with van der Waals surface area (Å²) < 4.78 is 27.5. The SMILES string of the molecule is CCNC(=NCCOCCS(C)(=O)=O)NC1CCN(CC2CCCCC2)CC1.I. The van der Waals surface area contributed by atoms with Crippen molar-refractivity contribution in [2.24, 2.45) is 10.9 Å². The van der Waals surface area contributed by atoms with Gasteiger partial charge in [0, 0.05) is 38.5 Å². The molecule has 2 N–H and O–H groups in total. The highest BCUT2D eigenvalue weighted by molar-refractivity contribution is 14.0. The molecular weight excluding hydrogens is 503 g/mol. The summed E-state index contributed by atoms with van der Waals surface area (Å²) in [7, 11) is -2.96. The molecule has 0 amide bonds. The van der Waals surface area contributed by atoms with Crippen molar-refractivity contribution in [3.05, 3.63) is 0 Å². The molecule has 0 radical (unpaired) electrons. The summed E-state index contributed by atoms with van der Waals surface area (Å²) in [6.07, 6.45) is 10.6. The van der Waals surface area contributed by atoms with Crippen LogP contribution in [-0.2, 0) is 14.6 Å². The highest BCUT2D eigenvalue weighted by Crippen LogP contribution is 2.25. The fourth-order valence-corrected chi connectivity index (χ4v) is 4.46. The number of piperidine rings is 1. The van der Waals surface area contributed by atoms with Crippen molar-refractivity contribution in [1.82, 2.24) is 15.5 Å². The number of nitrogens with zero attached hydrogens (tertiary/aromatic N) is 2. The van der Waals surface area contributed by atoms with Crippen LogP contribution >= 0.6 is 24.0 Å². The Labute approximate surface area is 194 Å². The Hall–Kier alpha value is -0.130. The molecule has 0 aromatic heterocycles. The van der Waals surface area contributed by atoms with E-state index in [1.54, 1.807) is 0 Å². The van der Waals surface area contributed by atoms with Crippen molar-refractivity contribution >= 4 is 39.8 Å². The summed E-state index contributed by atoms with van der Waals surface area (Å²) >= 11 is 0. The number of halogens is 1. The lowest BCUT2D eigenvalue weighted by Crippen LogP contribution is -2.49. The molecule has 29 heavy (non-hydrogen) atoms. The van der Waals surface area contributed by atoms with Gasteiger partial charge in [0.05, 0.1) is 25.5 Å². The van der Waals surface area contributed by atoms with E-state index in [1.165, 1.54) is 58.0 Å². The number of aliphatic imine (C=N–C) groups is 1. The standard InChI is InChI=1S/C20H40N4O3S.HI/c1-3-21-20(22-11-14-27-15-16-28(2,25)26)23-19-9-12-24(13-10-19)17-18-7-5-4-6-8-18;/h18-19H,3-17H2,1-2H3,(H2,21,22,23);1H. The monoisotopic (exact) mass is 544 g/mol. The van der Waals surface area contributed by atoms with E-state index in [-0.39, 0.29) is 36.3 Å². The molecule has 0 spiro atoms. The summed E-state index contributed by atoms with van der Waals surface area (Å²) in [6.45, 7) is 7.70. The van der Waals surface area contributed by atoms with Crippen LogP contribution in [0.15, 0.2) is 4.99 Å². The Morgan fingerprint density at radius 3 is 2.41 bits per heavy atom. The van der Waals surface area contributed by atoms with Gasteiger partial charge in [0.2, 0.25) is 0 Å². The van der Waals surface area contributed by atoms with E-state index in [1.807, 2.05) is 0 Å². The Bertz CT molecular complexity index is 560. The molecule has 1 saturated heterocycles. The van der Waals surface area contributed by atoms with Gasteiger partial charge < -0.3 is 20.3 Å². The molecule has 2 fully saturated rings. The fourth-order valence-electron chi connectivity index (χ4n) is 4.04. The summed E-state index contributed by atoms with van der Waals surface area (Å²) in [5.74, 6) is 1.81. The van der Waals surface area contributed by atoms with E-state index in [0.717, 1.165) is 31.3 Å². The lowest BCUT2D eigenvalue weighted by molar-refractivity contribution is 0.156. The average molecular weight is 545 g/mol. The molecular formula is C20H41IN4O3S. The highest BCUT2D eigenvalue weighted by Gasteiger charge is 2.23. The van der Waals surface area contributed by atoms with E-state index >= 15 is 0 Å². The number of ether oxygens (including phenoxy) is 1. The number of hydrogen-bond acceptors (Lipinski definition) is 5. The van der Waals surface area contributed by atoms with Crippen LogP contribution in [-0.4, -0.2) is 83.3 Å². The first-order valence-electron chi connectivity index (χ1n) is 11.0. The molecule has 0 unspecified atom stereocenters. The number of nitrogens with one attached hydrogen (secondary N) is 2. The van der Waals surface area contributed by atoms with Gasteiger partial charge in [-0.3, -0.25) is 4.99 Å². The minimum absolute atomic E-state index is 0. The quantitative estimate of drug-likeness (QED) is 0.190. The zero-order valence-corrected chi connectivity index (χ0v) is 21.3. The molecule has 1 heterocycles. The average Bonchev–Trinajstić information content (AvgIpc) is 2.66. The third kappa shape index (κ3) is 12.3. The molecule has 0 aromatic carbocycles. The second kappa shape index (κ2) is 14.8. The number of guanidine groups is 1. The van der Waals surface area contributed by atoms with Crippen molar-refractivity contribution in [1.29, 1.82) is 0 Å². The topological polar surface area (TPSA) is 83.0 Å². The van der Waals surface area contributed by atoms with Crippen molar-refractivity contribution in [2.45, 2.75) is 57.9 Å². The molecule has 7 nitrogen and oxygen atoms in total. The molecule has 0 atom stereocenters. The van der Waals surface area contributed by atoms with Gasteiger partial charge in [0.15, 0.2) is 5.96 Å². The van der Waals surface area contributed by atoms with E-state index in [4.69, 9.17) is 4.74 Å². The number of hydrogen-bond donors (Lipinski definition) is 2. The minimum Gasteiger partial charge on any atom is -0.378 e. The van der Waals surface area contributed by atoms with Gasteiger partial charge in [-0.15, -0.1) is 24.0 Å². The smallest absolute Gasteiger partial charge is 0.191 e. The first kappa shape index (κ1) is 26.9. The highest BCUT2D eigenvalue weighted by atomic mass is 127. The summed E-state index contributed by atoms with van der Waals surface area (Å²) in [5.41, 5.74) is 0. The molecule has 9 heteroatoms. The van der Waals surface area contributed by atoms with Gasteiger partial charge >= 0.3 is 0 Å². The van der Waals surface area contributed by atoms with Gasteiger partial charge in [0.25, 0.3) is 0 Å². The van der Waals surface area contributed by atoms with Crippen LogP contribution in [0.4, 0.5) is 0 Å². The van der Waals surface area contributed by atoms with Crippen LogP contribution in [0.5, 0.6) is 0 Å². The summed E-state index contributed by atoms with van der Waals surface area (Å²) in [4.78, 5) is 7.21. The maximum absolute atomic E-state index is 11.1. The predicted octanol–water partition coefficient (Wildman–Crippen LogP) is 2.27. The van der Waals surface area contributed by atoms with Crippen LogP contribution in [0.1, 0.15) is 51.9 Å². The molecule has 1 aliphatic heterocycles. The third-order valence-corrected chi connectivity index (χ3v) is 6.53. The van der Waals surface area contributed by atoms with Crippen LogP contribution in [0.25, 0.3) is 0 Å². The summed E-state index contributed by atoms with van der Waals surface area (Å²) in [6, 6.07) is 0.464. The van der Waals surface area contributed by atoms with E-state index in [9.17, 15) is 8.42 Å². The van der Waals surface area contributed by atoms with Crippen molar-refractivity contribution in [3.8, 4) is 0 Å². The molecule has 1 saturated carbocycles. The zero-order chi connectivity index (χ0) is 20.2. The number of likely N-dealkylation sites (tertiary alicyclic amines) is 1. The van der Waals surface area contributed by atoms with E-state index < -0.39 is 9.84 Å². The van der Waals surface area contributed by atoms with Crippen molar-refractivity contribution in [2.75, 3.05) is 57.9 Å². The second-order valence-corrected chi connectivity index (χ2v) is 10.5. The van der Waals surface area contributed by atoms with E-state index in [2.05, 4.69) is 27.4 Å². The van der Waals surface area contributed by atoms with Crippen LogP contribution in [0.2, 0.25) is 0 Å².